The van der Waals surface area contributed by atoms with Crippen molar-refractivity contribution in [3.8, 4) is 10.6 Å². The van der Waals surface area contributed by atoms with Gasteiger partial charge in [-0.3, -0.25) is 4.79 Å². The number of imidazole rings is 1. The third-order valence-electron chi connectivity index (χ3n) is 5.65. The van der Waals surface area contributed by atoms with Crippen molar-refractivity contribution in [3.63, 3.8) is 0 Å². The van der Waals surface area contributed by atoms with E-state index in [2.05, 4.69) is 36.1 Å². The summed E-state index contributed by atoms with van der Waals surface area (Å²) in [5.41, 5.74) is 4.80. The number of aliphatic hydroxyl groups is 1. The summed E-state index contributed by atoms with van der Waals surface area (Å²) in [7, 11) is 0. The average Bonchev–Trinajstić information content (AvgIpc) is 3.42. The predicted octanol–water partition coefficient (Wildman–Crippen LogP) is 4.15. The summed E-state index contributed by atoms with van der Waals surface area (Å²) >= 11 is 1.58. The molecule has 1 unspecified atom stereocenters. The summed E-state index contributed by atoms with van der Waals surface area (Å²) in [6, 6.07) is 15.6. The van der Waals surface area contributed by atoms with Gasteiger partial charge in [-0.2, -0.15) is 5.10 Å². The maximum Gasteiger partial charge on any atom is 0.274 e. The molecule has 31 heavy (non-hydrogen) atoms. The van der Waals surface area contributed by atoms with Crippen LogP contribution >= 0.6 is 11.3 Å². The fourth-order valence-corrected chi connectivity index (χ4v) is 4.62. The Balaban J connectivity index is 1.50. The fraction of sp³-hybridized carbons (Fsp3) is 0.208. The largest absolute Gasteiger partial charge is 0.389 e. The van der Waals surface area contributed by atoms with Crippen LogP contribution in [0.4, 0.5) is 0 Å². The van der Waals surface area contributed by atoms with Gasteiger partial charge in [-0.05, 0) is 54.6 Å². The van der Waals surface area contributed by atoms with Gasteiger partial charge in [-0.15, -0.1) is 11.3 Å². The van der Waals surface area contributed by atoms with E-state index in [-0.39, 0.29) is 12.1 Å². The van der Waals surface area contributed by atoms with E-state index in [0.29, 0.717) is 11.9 Å². The number of aryl methyl sites for hydroxylation is 2. The van der Waals surface area contributed by atoms with Gasteiger partial charge in [-0.25, -0.2) is 9.67 Å². The molecule has 0 spiro atoms. The maximum absolute atomic E-state index is 13.1. The first-order valence-electron chi connectivity index (χ1n) is 10.1. The Kier molecular flexibility index (Phi) is 4.92. The Morgan fingerprint density at radius 2 is 1.81 bits per heavy atom. The summed E-state index contributed by atoms with van der Waals surface area (Å²) < 4.78 is 3.31. The van der Waals surface area contributed by atoms with Crippen LogP contribution in [0.3, 0.4) is 0 Å². The molecule has 1 atom stereocenters. The molecule has 6 nitrogen and oxygen atoms in total. The quantitative estimate of drug-likeness (QED) is 0.455. The second kappa shape index (κ2) is 7.76. The highest BCUT2D eigenvalue weighted by Crippen LogP contribution is 2.28. The van der Waals surface area contributed by atoms with Crippen LogP contribution in [0.1, 0.15) is 11.1 Å². The van der Waals surface area contributed by atoms with Crippen LogP contribution in [0.25, 0.3) is 32.4 Å². The number of rotatable bonds is 5. The molecular formula is C24H22N4O2S. The highest BCUT2D eigenvalue weighted by molar-refractivity contribution is 7.13. The molecule has 7 heteroatoms. The average molecular weight is 431 g/mol. The van der Waals surface area contributed by atoms with Gasteiger partial charge in [0.2, 0.25) is 0 Å². The molecule has 3 heterocycles. The Morgan fingerprint density at radius 1 is 1.03 bits per heavy atom. The molecular weight excluding hydrogens is 408 g/mol. The lowest BCUT2D eigenvalue weighted by atomic mass is 10.1. The van der Waals surface area contributed by atoms with Gasteiger partial charge >= 0.3 is 0 Å². The molecule has 0 fully saturated rings. The SMILES string of the molecule is Cc1cc2ncn(CC(O)Cn3nc(-c4cccs4)c4ccccc4c3=O)c2cc1C. The number of aromatic nitrogens is 4. The molecule has 0 aliphatic heterocycles. The minimum Gasteiger partial charge on any atom is -0.389 e. The normalized spacial score (nSPS) is 12.6. The topological polar surface area (TPSA) is 72.9 Å². The van der Waals surface area contributed by atoms with E-state index in [0.717, 1.165) is 27.0 Å². The number of thiophene rings is 1. The number of hydrogen-bond acceptors (Lipinski definition) is 5. The minimum absolute atomic E-state index is 0.104. The van der Waals surface area contributed by atoms with Crippen LogP contribution in [0.15, 0.2) is 65.0 Å². The van der Waals surface area contributed by atoms with E-state index in [1.807, 2.05) is 46.3 Å². The first-order valence-corrected chi connectivity index (χ1v) is 11.0. The fourth-order valence-electron chi connectivity index (χ4n) is 3.90. The summed E-state index contributed by atoms with van der Waals surface area (Å²) in [5.74, 6) is 0. The zero-order valence-corrected chi connectivity index (χ0v) is 18.1. The van der Waals surface area contributed by atoms with Crippen molar-refractivity contribution in [1.82, 2.24) is 19.3 Å². The first kappa shape index (κ1) is 19.7. The van der Waals surface area contributed by atoms with Crippen molar-refractivity contribution >= 4 is 33.1 Å². The van der Waals surface area contributed by atoms with E-state index in [9.17, 15) is 9.90 Å². The van der Waals surface area contributed by atoms with Gasteiger partial charge in [-0.1, -0.05) is 24.3 Å². The van der Waals surface area contributed by atoms with Crippen molar-refractivity contribution in [1.29, 1.82) is 0 Å². The highest BCUT2D eigenvalue weighted by atomic mass is 32.1. The van der Waals surface area contributed by atoms with Crippen molar-refractivity contribution in [2.45, 2.75) is 33.0 Å². The molecule has 5 aromatic rings. The molecule has 0 saturated heterocycles. The molecule has 156 valence electrons. The Morgan fingerprint density at radius 3 is 2.58 bits per heavy atom. The number of hydrogen-bond donors (Lipinski definition) is 1. The second-order valence-corrected chi connectivity index (χ2v) is 8.78. The van der Waals surface area contributed by atoms with Crippen molar-refractivity contribution in [2.75, 3.05) is 0 Å². The number of nitrogens with zero attached hydrogens (tertiary/aromatic N) is 4. The lowest BCUT2D eigenvalue weighted by Crippen LogP contribution is -2.31. The Labute approximate surface area is 183 Å². The minimum atomic E-state index is -0.790. The summed E-state index contributed by atoms with van der Waals surface area (Å²) in [5, 5.41) is 18.9. The van der Waals surface area contributed by atoms with Gasteiger partial charge in [0, 0.05) is 5.39 Å². The van der Waals surface area contributed by atoms with Crippen LogP contribution < -0.4 is 5.56 Å². The molecule has 1 N–H and O–H groups in total. The van der Waals surface area contributed by atoms with E-state index in [1.165, 1.54) is 15.8 Å². The van der Waals surface area contributed by atoms with Gasteiger partial charge in [0.15, 0.2) is 0 Å². The number of benzene rings is 2. The van der Waals surface area contributed by atoms with E-state index < -0.39 is 6.10 Å². The predicted molar refractivity (Wildman–Crippen MR) is 125 cm³/mol. The molecule has 0 saturated carbocycles. The maximum atomic E-state index is 13.1. The molecule has 0 bridgehead atoms. The van der Waals surface area contributed by atoms with Gasteiger partial charge in [0.25, 0.3) is 5.56 Å². The lowest BCUT2D eigenvalue weighted by molar-refractivity contribution is 0.130. The van der Waals surface area contributed by atoms with Crippen LogP contribution in [0.2, 0.25) is 0 Å². The smallest absolute Gasteiger partial charge is 0.274 e. The third kappa shape index (κ3) is 3.56. The third-order valence-corrected chi connectivity index (χ3v) is 6.53. The van der Waals surface area contributed by atoms with Crippen molar-refractivity contribution in [3.05, 3.63) is 81.7 Å². The van der Waals surface area contributed by atoms with Crippen LogP contribution in [0.5, 0.6) is 0 Å². The van der Waals surface area contributed by atoms with E-state index in [4.69, 9.17) is 0 Å². The van der Waals surface area contributed by atoms with Gasteiger partial charge in [0.1, 0.15) is 5.69 Å². The molecule has 0 aliphatic carbocycles. The zero-order valence-electron chi connectivity index (χ0n) is 17.3. The first-order chi connectivity index (χ1) is 15.0. The summed E-state index contributed by atoms with van der Waals surface area (Å²) in [6.07, 6.45) is 0.946. The summed E-state index contributed by atoms with van der Waals surface area (Å²) in [4.78, 5) is 18.5. The zero-order chi connectivity index (χ0) is 21.5. The molecule has 0 aliphatic rings. The second-order valence-electron chi connectivity index (χ2n) is 7.83. The van der Waals surface area contributed by atoms with Crippen molar-refractivity contribution < 1.29 is 5.11 Å². The molecule has 5 rings (SSSR count). The Bertz CT molecular complexity index is 1450. The number of aliphatic hydroxyl groups excluding tert-OH is 1. The van der Waals surface area contributed by atoms with Crippen LogP contribution in [0, 0.1) is 13.8 Å². The number of fused-ring (bicyclic) bond motifs is 2. The summed E-state index contributed by atoms with van der Waals surface area (Å²) in [6.45, 7) is 4.56. The Hall–Kier alpha value is -3.29. The molecule has 2 aromatic carbocycles. The molecule has 0 radical (unpaired) electrons. The van der Waals surface area contributed by atoms with E-state index >= 15 is 0 Å². The monoisotopic (exact) mass is 430 g/mol. The van der Waals surface area contributed by atoms with Crippen LogP contribution in [-0.2, 0) is 13.1 Å². The van der Waals surface area contributed by atoms with Crippen molar-refractivity contribution in [2.24, 2.45) is 0 Å². The van der Waals surface area contributed by atoms with Gasteiger partial charge in [0.05, 0.1) is 46.8 Å². The van der Waals surface area contributed by atoms with E-state index in [1.54, 1.807) is 17.7 Å². The van der Waals surface area contributed by atoms with Crippen LogP contribution in [-0.4, -0.2) is 30.5 Å². The lowest BCUT2D eigenvalue weighted by Gasteiger charge is -2.15. The standard InChI is InChI=1S/C24H22N4O2S/c1-15-10-20-21(11-16(15)2)27(14-25-20)12-17(29)13-28-24(30)19-7-4-3-6-18(19)23(26-28)22-8-5-9-31-22/h3-11,14,17,29H,12-13H2,1-2H3. The highest BCUT2D eigenvalue weighted by Gasteiger charge is 2.16. The molecule has 3 aromatic heterocycles. The van der Waals surface area contributed by atoms with Gasteiger partial charge < -0.3 is 9.67 Å². The molecule has 0 amide bonds.